The van der Waals surface area contributed by atoms with Crippen LogP contribution in [0.4, 0.5) is 4.39 Å². The van der Waals surface area contributed by atoms with Gasteiger partial charge in [-0.05, 0) is 31.9 Å². The molecule has 168 valence electrons. The van der Waals surface area contributed by atoms with Gasteiger partial charge in [0, 0.05) is 6.42 Å². The highest BCUT2D eigenvalue weighted by Crippen LogP contribution is 2.28. The summed E-state index contributed by atoms with van der Waals surface area (Å²) in [5.41, 5.74) is 5.70. The smallest absolute Gasteiger partial charge is 0.309 e. The molecule has 2 aromatic rings. The highest BCUT2D eigenvalue weighted by molar-refractivity contribution is 7.90. The summed E-state index contributed by atoms with van der Waals surface area (Å²) >= 11 is 0. The van der Waals surface area contributed by atoms with E-state index in [1.165, 1.54) is 25.3 Å². The maximum Gasteiger partial charge on any atom is 0.309 e. The second kappa shape index (κ2) is 9.41. The number of amides is 1. The number of guanidine groups is 1. The van der Waals surface area contributed by atoms with Crippen molar-refractivity contribution in [2.24, 2.45) is 5.73 Å². The Balaban J connectivity index is 1.96. The molecule has 2 heterocycles. The fourth-order valence-corrected chi connectivity index (χ4v) is 5.02. The first kappa shape index (κ1) is 22.7. The van der Waals surface area contributed by atoms with E-state index in [4.69, 9.17) is 15.6 Å². The molecule has 0 saturated heterocycles. The van der Waals surface area contributed by atoms with Crippen LogP contribution in [-0.2, 0) is 16.4 Å². The summed E-state index contributed by atoms with van der Waals surface area (Å²) in [7, 11) is -4.32. The van der Waals surface area contributed by atoms with Crippen molar-refractivity contribution >= 4 is 21.9 Å². The number of hydrazine groups is 1. The summed E-state index contributed by atoms with van der Waals surface area (Å²) in [6.07, 6.45) is 6.80. The second-order valence-corrected chi connectivity index (χ2v) is 9.60. The van der Waals surface area contributed by atoms with Crippen LogP contribution < -0.4 is 5.73 Å². The molecule has 1 fully saturated rings. The van der Waals surface area contributed by atoms with Crippen LogP contribution in [0, 0.1) is 11.2 Å². The van der Waals surface area contributed by atoms with Gasteiger partial charge >= 0.3 is 5.91 Å². The van der Waals surface area contributed by atoms with Crippen LogP contribution in [0.3, 0.4) is 0 Å². The molecule has 0 spiro atoms. The van der Waals surface area contributed by atoms with Crippen LogP contribution in [0.15, 0.2) is 35.2 Å². The first-order chi connectivity index (χ1) is 14.7. The Bertz CT molecular complexity index is 1010. The van der Waals surface area contributed by atoms with E-state index >= 15 is 0 Å². The van der Waals surface area contributed by atoms with Crippen molar-refractivity contribution in [1.29, 1.82) is 5.41 Å². The molecule has 1 amide bonds. The van der Waals surface area contributed by atoms with Crippen LogP contribution in [0.2, 0.25) is 0 Å². The van der Waals surface area contributed by atoms with E-state index in [0.29, 0.717) is 17.3 Å². The van der Waals surface area contributed by atoms with Crippen molar-refractivity contribution in [3.8, 4) is 0 Å². The van der Waals surface area contributed by atoms with Crippen molar-refractivity contribution in [1.82, 2.24) is 19.4 Å². The summed E-state index contributed by atoms with van der Waals surface area (Å²) in [6, 6.07) is 2.49. The zero-order valence-corrected chi connectivity index (χ0v) is 17.9. The third kappa shape index (κ3) is 5.01. The quantitative estimate of drug-likeness (QED) is 0.387. The predicted molar refractivity (Wildman–Crippen MR) is 110 cm³/mol. The van der Waals surface area contributed by atoms with Gasteiger partial charge in [-0.15, -0.1) is 4.41 Å². The van der Waals surface area contributed by atoms with Crippen LogP contribution in [0.5, 0.6) is 0 Å². The lowest BCUT2D eigenvalue weighted by Crippen LogP contribution is -2.60. The van der Waals surface area contributed by atoms with Crippen molar-refractivity contribution in [2.75, 3.05) is 0 Å². The zero-order valence-electron chi connectivity index (χ0n) is 17.1. The Morgan fingerprint density at radius 3 is 2.52 bits per heavy atom. The molecule has 3 rings (SSSR count). The van der Waals surface area contributed by atoms with E-state index in [1.54, 1.807) is 0 Å². The van der Waals surface area contributed by atoms with Gasteiger partial charge in [0.2, 0.25) is 5.96 Å². The first-order valence-electron chi connectivity index (χ1n) is 9.93. The van der Waals surface area contributed by atoms with Crippen LogP contribution in [-0.4, -0.2) is 51.0 Å². The number of rotatable bonds is 6. The number of sulfonamides is 1. The summed E-state index contributed by atoms with van der Waals surface area (Å²) in [4.78, 5) is 20.8. The number of nitrogens with one attached hydrogen (secondary N) is 1. The van der Waals surface area contributed by atoms with Crippen molar-refractivity contribution < 1.29 is 22.0 Å². The lowest BCUT2D eigenvalue weighted by molar-refractivity contribution is 0.0252. The number of furan rings is 1. The number of nitrogens with two attached hydrogens (primary N) is 1. The minimum Gasteiger partial charge on any atom is -0.459 e. The maximum atomic E-state index is 13.5. The lowest BCUT2D eigenvalue weighted by Gasteiger charge is -2.41. The molecule has 2 aromatic heterocycles. The van der Waals surface area contributed by atoms with Gasteiger partial charge in [0.15, 0.2) is 11.6 Å². The Hall–Kier alpha value is -3.02. The van der Waals surface area contributed by atoms with Crippen LogP contribution in [0.25, 0.3) is 0 Å². The fourth-order valence-electron chi connectivity index (χ4n) is 3.59. The van der Waals surface area contributed by atoms with Gasteiger partial charge in [-0.2, -0.15) is 0 Å². The molecule has 1 saturated carbocycles. The summed E-state index contributed by atoms with van der Waals surface area (Å²) in [5, 5.41) is 7.88. The van der Waals surface area contributed by atoms with Gasteiger partial charge in [-0.1, -0.05) is 19.3 Å². The standard InChI is InChI=1S/C19H25FN6O4S/c1-13(10-17-23-11-14(20)12-24-17)31(28,29)26(19(21)22)25(15-6-3-2-4-7-15)18(27)16-8-5-9-30-16/h5,8-9,11-13,15H,2-4,6-7,10H2,1H3,(H3,21,22)/t13-/m0/s1. The molecule has 0 unspecified atom stereocenters. The van der Waals surface area contributed by atoms with Gasteiger partial charge < -0.3 is 10.2 Å². The first-order valence-corrected chi connectivity index (χ1v) is 11.4. The van der Waals surface area contributed by atoms with Crippen LogP contribution >= 0.6 is 0 Å². The summed E-state index contributed by atoms with van der Waals surface area (Å²) in [5.74, 6) is -2.08. The summed E-state index contributed by atoms with van der Waals surface area (Å²) in [6.45, 7) is 1.40. The number of aromatic nitrogens is 2. The van der Waals surface area contributed by atoms with Crippen molar-refractivity contribution in [2.45, 2.75) is 56.7 Å². The van der Waals surface area contributed by atoms with Gasteiger partial charge in [-0.3, -0.25) is 10.2 Å². The Labute approximate surface area is 179 Å². The topological polar surface area (TPSA) is 146 Å². The molecule has 31 heavy (non-hydrogen) atoms. The number of carbonyl (C=O) groups excluding carboxylic acids is 1. The fraction of sp³-hybridized carbons (Fsp3) is 0.474. The number of hydrogen-bond acceptors (Lipinski definition) is 7. The minimum absolute atomic E-state index is 0.0541. The maximum absolute atomic E-state index is 13.5. The molecule has 12 heteroatoms. The molecule has 0 bridgehead atoms. The molecule has 1 aliphatic carbocycles. The average molecular weight is 453 g/mol. The molecule has 0 aliphatic heterocycles. The van der Waals surface area contributed by atoms with Gasteiger partial charge in [0.05, 0.1) is 29.9 Å². The average Bonchev–Trinajstić information content (AvgIpc) is 3.28. The van der Waals surface area contributed by atoms with Crippen LogP contribution in [0.1, 0.15) is 55.4 Å². The van der Waals surface area contributed by atoms with E-state index in [9.17, 15) is 17.6 Å². The highest BCUT2D eigenvalue weighted by Gasteiger charge is 2.42. The molecule has 1 aliphatic rings. The van der Waals surface area contributed by atoms with E-state index in [0.717, 1.165) is 36.7 Å². The van der Waals surface area contributed by atoms with Crippen molar-refractivity contribution in [3.63, 3.8) is 0 Å². The number of carbonyl (C=O) groups is 1. The highest BCUT2D eigenvalue weighted by atomic mass is 32.2. The SMILES string of the molecule is C[C@@H](Cc1ncc(F)cn1)S(=O)(=O)N(C(=N)N)N(C(=O)c1ccco1)C1CCCCC1. The number of hydrogen-bond donors (Lipinski definition) is 2. The molecule has 0 aromatic carbocycles. The molecular formula is C19H25FN6O4S. The van der Waals surface area contributed by atoms with E-state index in [-0.39, 0.29) is 18.0 Å². The lowest BCUT2D eigenvalue weighted by atomic mass is 9.95. The summed E-state index contributed by atoms with van der Waals surface area (Å²) < 4.78 is 45.7. The van der Waals surface area contributed by atoms with Gasteiger partial charge in [0.1, 0.15) is 5.82 Å². The van der Waals surface area contributed by atoms with E-state index < -0.39 is 39.0 Å². The number of halogens is 1. The van der Waals surface area contributed by atoms with Crippen molar-refractivity contribution in [3.05, 3.63) is 48.2 Å². The van der Waals surface area contributed by atoms with Gasteiger partial charge in [-0.25, -0.2) is 27.8 Å². The molecule has 0 radical (unpaired) electrons. The number of nitrogens with zero attached hydrogens (tertiary/aromatic N) is 4. The van der Waals surface area contributed by atoms with E-state index in [2.05, 4.69) is 9.97 Å². The molecule has 10 nitrogen and oxygen atoms in total. The van der Waals surface area contributed by atoms with E-state index in [1.807, 2.05) is 0 Å². The third-order valence-corrected chi connectivity index (χ3v) is 7.19. The Morgan fingerprint density at radius 1 is 1.32 bits per heavy atom. The largest absolute Gasteiger partial charge is 0.459 e. The zero-order chi connectivity index (χ0) is 22.6. The Kier molecular flexibility index (Phi) is 6.88. The molecular weight excluding hydrogens is 427 g/mol. The minimum atomic E-state index is -4.32. The third-order valence-electron chi connectivity index (χ3n) is 5.16. The van der Waals surface area contributed by atoms with Gasteiger partial charge in [0.25, 0.3) is 10.0 Å². The second-order valence-electron chi connectivity index (χ2n) is 7.42. The Morgan fingerprint density at radius 2 is 1.97 bits per heavy atom. The predicted octanol–water partition coefficient (Wildman–Crippen LogP) is 2.06. The monoisotopic (exact) mass is 452 g/mol. The molecule has 1 atom stereocenters. The molecule has 3 N–H and O–H groups in total. The normalized spacial score (nSPS) is 15.9.